The third-order valence-electron chi connectivity index (χ3n) is 1.97. The van der Waals surface area contributed by atoms with E-state index in [9.17, 15) is 13.6 Å². The average molecular weight is 286 g/mol. The number of nitrogens with zero attached hydrogens (tertiary/aromatic N) is 2. The summed E-state index contributed by atoms with van der Waals surface area (Å²) in [6, 6.07) is 5.49. The standard InChI is InChI=1S/C10H8F2N4O2S/c11-9(12)18-6-3-1-5(2-4-6)14-7(17)8-15-16-10(13)19-8/h1-4,9H,(H2,13,16)(H,14,17). The number of carbonyl (C=O) groups excluding carboxylic acids is 1. The number of amides is 1. The van der Waals surface area contributed by atoms with Gasteiger partial charge in [-0.3, -0.25) is 4.79 Å². The zero-order valence-corrected chi connectivity index (χ0v) is 10.2. The number of nitrogen functional groups attached to an aromatic ring is 1. The molecule has 0 aliphatic rings. The molecule has 0 aliphatic heterocycles. The first-order chi connectivity index (χ1) is 9.04. The number of benzene rings is 1. The first kappa shape index (κ1) is 13.1. The molecular weight excluding hydrogens is 278 g/mol. The molecule has 19 heavy (non-hydrogen) atoms. The van der Waals surface area contributed by atoms with Gasteiger partial charge in [-0.15, -0.1) is 10.2 Å². The second-order valence-corrected chi connectivity index (χ2v) is 4.31. The van der Waals surface area contributed by atoms with E-state index in [1.807, 2.05) is 0 Å². The zero-order chi connectivity index (χ0) is 13.8. The summed E-state index contributed by atoms with van der Waals surface area (Å²) in [4.78, 5) is 11.7. The molecule has 0 saturated heterocycles. The van der Waals surface area contributed by atoms with Crippen molar-refractivity contribution in [3.05, 3.63) is 29.3 Å². The lowest BCUT2D eigenvalue weighted by Crippen LogP contribution is -2.11. The van der Waals surface area contributed by atoms with Crippen molar-refractivity contribution in [2.24, 2.45) is 0 Å². The summed E-state index contributed by atoms with van der Waals surface area (Å²) < 4.78 is 28.1. The number of nitrogens with one attached hydrogen (secondary N) is 1. The van der Waals surface area contributed by atoms with Crippen molar-refractivity contribution in [2.45, 2.75) is 6.61 Å². The average Bonchev–Trinajstić information content (AvgIpc) is 2.78. The van der Waals surface area contributed by atoms with E-state index in [0.29, 0.717) is 5.69 Å². The molecule has 100 valence electrons. The monoisotopic (exact) mass is 286 g/mol. The minimum atomic E-state index is -2.88. The van der Waals surface area contributed by atoms with Crippen LogP contribution in [0.15, 0.2) is 24.3 Å². The van der Waals surface area contributed by atoms with Gasteiger partial charge in [0.1, 0.15) is 5.75 Å². The van der Waals surface area contributed by atoms with Crippen LogP contribution in [0.4, 0.5) is 19.6 Å². The van der Waals surface area contributed by atoms with Crippen molar-refractivity contribution in [3.63, 3.8) is 0 Å². The molecule has 0 saturated carbocycles. The van der Waals surface area contributed by atoms with E-state index in [2.05, 4.69) is 20.3 Å². The van der Waals surface area contributed by atoms with Crippen molar-refractivity contribution >= 4 is 28.1 Å². The fourth-order valence-corrected chi connectivity index (χ4v) is 1.74. The molecule has 2 aromatic rings. The Morgan fingerprint density at radius 3 is 2.53 bits per heavy atom. The highest BCUT2D eigenvalue weighted by Gasteiger charge is 2.12. The smallest absolute Gasteiger partial charge is 0.387 e. The molecule has 1 aromatic heterocycles. The molecule has 1 aromatic carbocycles. The van der Waals surface area contributed by atoms with Gasteiger partial charge in [-0.05, 0) is 24.3 Å². The number of anilines is 2. The van der Waals surface area contributed by atoms with Gasteiger partial charge in [-0.2, -0.15) is 8.78 Å². The lowest BCUT2D eigenvalue weighted by atomic mass is 10.3. The van der Waals surface area contributed by atoms with Crippen LogP contribution >= 0.6 is 11.3 Å². The van der Waals surface area contributed by atoms with Gasteiger partial charge < -0.3 is 15.8 Å². The Kier molecular flexibility index (Phi) is 3.85. The number of rotatable bonds is 4. The van der Waals surface area contributed by atoms with Crippen LogP contribution in [0, 0.1) is 0 Å². The SMILES string of the molecule is Nc1nnc(C(=O)Nc2ccc(OC(F)F)cc2)s1. The third kappa shape index (κ3) is 3.58. The molecule has 0 unspecified atom stereocenters. The fraction of sp³-hybridized carbons (Fsp3) is 0.100. The molecule has 0 bridgehead atoms. The fourth-order valence-electron chi connectivity index (χ4n) is 1.23. The first-order valence-corrected chi connectivity index (χ1v) is 5.81. The van der Waals surface area contributed by atoms with Gasteiger partial charge in [-0.1, -0.05) is 11.3 Å². The van der Waals surface area contributed by atoms with E-state index in [4.69, 9.17) is 5.73 Å². The van der Waals surface area contributed by atoms with Crippen LogP contribution in [0.3, 0.4) is 0 Å². The number of hydrogen-bond donors (Lipinski definition) is 2. The Labute approximate surface area is 110 Å². The van der Waals surface area contributed by atoms with Gasteiger partial charge in [0.2, 0.25) is 10.1 Å². The first-order valence-electron chi connectivity index (χ1n) is 5.00. The minimum Gasteiger partial charge on any atom is -0.435 e. The van der Waals surface area contributed by atoms with Gasteiger partial charge >= 0.3 is 6.61 Å². The number of ether oxygens (including phenoxy) is 1. The Balaban J connectivity index is 2.01. The Morgan fingerprint density at radius 1 is 1.32 bits per heavy atom. The molecule has 0 aliphatic carbocycles. The Bertz CT molecular complexity index is 573. The summed E-state index contributed by atoms with van der Waals surface area (Å²) in [5, 5.41) is 9.91. The maximum absolute atomic E-state index is 11.9. The van der Waals surface area contributed by atoms with Crippen LogP contribution in [0.25, 0.3) is 0 Å². The topological polar surface area (TPSA) is 90.1 Å². The van der Waals surface area contributed by atoms with Crippen LogP contribution in [0.1, 0.15) is 9.80 Å². The summed E-state index contributed by atoms with van der Waals surface area (Å²) in [5.74, 6) is -0.468. The van der Waals surface area contributed by atoms with Crippen LogP contribution < -0.4 is 15.8 Å². The van der Waals surface area contributed by atoms with Crippen molar-refractivity contribution in [2.75, 3.05) is 11.1 Å². The van der Waals surface area contributed by atoms with Crippen molar-refractivity contribution in [1.29, 1.82) is 0 Å². The summed E-state index contributed by atoms with van der Waals surface area (Å²) in [6.07, 6.45) is 0. The Morgan fingerprint density at radius 2 is 2.00 bits per heavy atom. The maximum atomic E-state index is 11.9. The van der Waals surface area contributed by atoms with E-state index in [1.54, 1.807) is 0 Å². The Hall–Kier alpha value is -2.29. The van der Waals surface area contributed by atoms with Crippen LogP contribution in [-0.4, -0.2) is 22.7 Å². The van der Waals surface area contributed by atoms with Crippen molar-refractivity contribution in [3.8, 4) is 5.75 Å². The summed E-state index contributed by atoms with van der Waals surface area (Å²) in [7, 11) is 0. The second-order valence-electron chi connectivity index (χ2n) is 3.30. The van der Waals surface area contributed by atoms with Gasteiger partial charge in [0.25, 0.3) is 5.91 Å². The molecule has 1 heterocycles. The van der Waals surface area contributed by atoms with Crippen molar-refractivity contribution < 1.29 is 18.3 Å². The summed E-state index contributed by atoms with van der Waals surface area (Å²) in [5.41, 5.74) is 5.77. The lowest BCUT2D eigenvalue weighted by Gasteiger charge is -2.06. The second kappa shape index (κ2) is 5.57. The molecule has 0 fully saturated rings. The van der Waals surface area contributed by atoms with E-state index >= 15 is 0 Å². The number of hydrogen-bond acceptors (Lipinski definition) is 6. The molecule has 6 nitrogen and oxygen atoms in total. The zero-order valence-electron chi connectivity index (χ0n) is 9.34. The number of aromatic nitrogens is 2. The highest BCUT2D eigenvalue weighted by Crippen LogP contribution is 2.19. The maximum Gasteiger partial charge on any atom is 0.387 e. The van der Waals surface area contributed by atoms with Gasteiger partial charge in [0, 0.05) is 5.69 Å². The van der Waals surface area contributed by atoms with Gasteiger partial charge in [0.15, 0.2) is 0 Å². The lowest BCUT2D eigenvalue weighted by molar-refractivity contribution is -0.0498. The van der Waals surface area contributed by atoms with Crippen LogP contribution in [0.5, 0.6) is 5.75 Å². The summed E-state index contributed by atoms with van der Waals surface area (Å²) >= 11 is 0.946. The third-order valence-corrected chi connectivity index (χ3v) is 2.72. The molecular formula is C10H8F2N4O2S. The van der Waals surface area contributed by atoms with E-state index in [0.717, 1.165) is 11.3 Å². The van der Waals surface area contributed by atoms with E-state index < -0.39 is 12.5 Å². The largest absolute Gasteiger partial charge is 0.435 e. The van der Waals surface area contributed by atoms with Crippen LogP contribution in [-0.2, 0) is 0 Å². The highest BCUT2D eigenvalue weighted by atomic mass is 32.1. The van der Waals surface area contributed by atoms with Gasteiger partial charge in [-0.25, -0.2) is 0 Å². The van der Waals surface area contributed by atoms with E-state index in [-0.39, 0.29) is 15.9 Å². The molecule has 0 radical (unpaired) electrons. The predicted octanol–water partition coefficient (Wildman–Crippen LogP) is 1.97. The normalized spacial score (nSPS) is 10.5. The highest BCUT2D eigenvalue weighted by molar-refractivity contribution is 7.16. The molecule has 0 atom stereocenters. The molecule has 1 amide bonds. The number of nitrogens with two attached hydrogens (primary N) is 1. The summed E-state index contributed by atoms with van der Waals surface area (Å²) in [6.45, 7) is -2.88. The molecule has 3 N–H and O–H groups in total. The predicted molar refractivity (Wildman–Crippen MR) is 65.3 cm³/mol. The van der Waals surface area contributed by atoms with Crippen molar-refractivity contribution in [1.82, 2.24) is 10.2 Å². The molecule has 0 spiro atoms. The number of carbonyl (C=O) groups is 1. The van der Waals surface area contributed by atoms with Gasteiger partial charge in [0.05, 0.1) is 0 Å². The molecule has 2 rings (SSSR count). The van der Waals surface area contributed by atoms with Crippen LogP contribution in [0.2, 0.25) is 0 Å². The minimum absolute atomic E-state index is 0.00755. The molecule has 9 heteroatoms. The number of alkyl halides is 2. The number of halogens is 2. The quantitative estimate of drug-likeness (QED) is 0.896. The van der Waals surface area contributed by atoms with E-state index in [1.165, 1.54) is 24.3 Å².